The molecule has 0 aromatic carbocycles. The molecule has 11 heteroatoms. The van der Waals surface area contributed by atoms with Crippen molar-refractivity contribution in [1.82, 2.24) is 5.32 Å². The van der Waals surface area contributed by atoms with Crippen molar-refractivity contribution in [1.29, 1.82) is 0 Å². The highest BCUT2D eigenvalue weighted by atomic mass is 16.7. The van der Waals surface area contributed by atoms with Crippen LogP contribution in [0, 0.1) is 0 Å². The van der Waals surface area contributed by atoms with Gasteiger partial charge in [-0.25, -0.2) is 0 Å². The average Bonchev–Trinajstić information content (AvgIpc) is 3.31. The Morgan fingerprint density at radius 1 is 0.606 bits per heavy atom. The summed E-state index contributed by atoms with van der Waals surface area (Å²) in [7, 11) is 0. The molecule has 1 aliphatic rings. The standard InChI is InChI=1S/C55H95NO10/c1-4-7-10-13-16-19-22-25-28-31-34-37-40-43-50(60)66-53-52(62)51(61)49(44-57)65-55(53)64-45-46(47(58)41-38-35-32-29-26-23-20-17-14-11-8-5-2)56-54(63)48(59)42-39-36-33-30-27-24-21-18-15-12-9-6-3/h7,10,13,16,19,22,25,28,31,34,38,41,46-49,51-53,55,57-59,61-62H,4-6,8-9,11-12,14-15,17-18,20-21,23-24,26-27,29-30,32-33,35-37,39-40,42-45H2,1-3H3,(H,56,63)/b10-7+,16-13+,22-19-,28-25-,34-31+,41-38+. The van der Waals surface area contributed by atoms with Gasteiger partial charge in [0.25, 0.3) is 0 Å². The van der Waals surface area contributed by atoms with E-state index < -0.39 is 67.4 Å². The number of carbonyl (C=O) groups excluding carboxylic acids is 2. The second-order valence-electron chi connectivity index (χ2n) is 18.0. The molecule has 0 aliphatic carbocycles. The van der Waals surface area contributed by atoms with Gasteiger partial charge in [0.15, 0.2) is 12.4 Å². The van der Waals surface area contributed by atoms with E-state index in [1.807, 2.05) is 60.8 Å². The number of ether oxygens (including phenoxy) is 3. The summed E-state index contributed by atoms with van der Waals surface area (Å²) in [6.07, 6.45) is 42.5. The van der Waals surface area contributed by atoms with Crippen LogP contribution >= 0.6 is 0 Å². The molecule has 0 radical (unpaired) electrons. The Bertz CT molecular complexity index is 1340. The SMILES string of the molecule is CC/C=C/C=C/C=C\C=C/C=C/CCCC(=O)OC1C(OCC(NC(=O)C(O)CCCCCCCCCCCCCC)C(O)/C=C/CCCCCCCCCCCC)OC(CO)C(O)C1O. The van der Waals surface area contributed by atoms with Crippen LogP contribution in [-0.2, 0) is 23.8 Å². The van der Waals surface area contributed by atoms with Crippen LogP contribution < -0.4 is 5.32 Å². The molecule has 1 fully saturated rings. The molecule has 1 heterocycles. The first kappa shape index (κ1) is 61.1. The smallest absolute Gasteiger partial charge is 0.306 e. The maximum atomic E-state index is 13.3. The minimum atomic E-state index is -1.64. The summed E-state index contributed by atoms with van der Waals surface area (Å²) in [5, 5.41) is 56.5. The zero-order valence-corrected chi connectivity index (χ0v) is 41.5. The largest absolute Gasteiger partial charge is 0.454 e. The first-order valence-electron chi connectivity index (χ1n) is 26.3. The predicted molar refractivity (Wildman–Crippen MR) is 269 cm³/mol. The van der Waals surface area contributed by atoms with Crippen LogP contribution in [0.15, 0.2) is 72.9 Å². The van der Waals surface area contributed by atoms with E-state index in [9.17, 15) is 35.1 Å². The van der Waals surface area contributed by atoms with Crippen molar-refractivity contribution < 1.29 is 49.3 Å². The number of amides is 1. The lowest BCUT2D eigenvalue weighted by molar-refractivity contribution is -0.305. The molecule has 66 heavy (non-hydrogen) atoms. The van der Waals surface area contributed by atoms with E-state index in [1.54, 1.807) is 6.08 Å². The van der Waals surface area contributed by atoms with Crippen LogP contribution in [-0.4, -0.2) is 99.6 Å². The third-order valence-electron chi connectivity index (χ3n) is 12.0. The number of rotatable bonds is 42. The molecular weight excluding hydrogens is 835 g/mol. The Kier molecular flexibility index (Phi) is 40.2. The summed E-state index contributed by atoms with van der Waals surface area (Å²) in [5.41, 5.74) is 0. The molecule has 1 aliphatic heterocycles. The highest BCUT2D eigenvalue weighted by molar-refractivity contribution is 5.80. The molecule has 1 saturated heterocycles. The highest BCUT2D eigenvalue weighted by Crippen LogP contribution is 2.26. The first-order chi connectivity index (χ1) is 32.2. The summed E-state index contributed by atoms with van der Waals surface area (Å²) in [5.74, 6) is -1.28. The van der Waals surface area contributed by atoms with Crippen molar-refractivity contribution in [2.45, 2.75) is 250 Å². The lowest BCUT2D eigenvalue weighted by Crippen LogP contribution is -2.61. The maximum Gasteiger partial charge on any atom is 0.306 e. The van der Waals surface area contributed by atoms with Crippen molar-refractivity contribution in [3.8, 4) is 0 Å². The highest BCUT2D eigenvalue weighted by Gasteiger charge is 2.47. The van der Waals surface area contributed by atoms with Gasteiger partial charge in [-0.05, 0) is 38.5 Å². The molecule has 8 atom stereocenters. The van der Waals surface area contributed by atoms with Crippen molar-refractivity contribution in [2.24, 2.45) is 0 Å². The fourth-order valence-corrected chi connectivity index (χ4v) is 7.80. The Morgan fingerprint density at radius 3 is 1.62 bits per heavy atom. The number of aliphatic hydroxyl groups is 5. The van der Waals surface area contributed by atoms with Gasteiger partial charge in [-0.3, -0.25) is 9.59 Å². The van der Waals surface area contributed by atoms with Gasteiger partial charge < -0.3 is 45.1 Å². The van der Waals surface area contributed by atoms with Crippen molar-refractivity contribution in [3.63, 3.8) is 0 Å². The van der Waals surface area contributed by atoms with Gasteiger partial charge in [0.05, 0.1) is 25.4 Å². The van der Waals surface area contributed by atoms with Gasteiger partial charge in [0.2, 0.25) is 5.91 Å². The monoisotopic (exact) mass is 930 g/mol. The number of esters is 1. The van der Waals surface area contributed by atoms with Crippen molar-refractivity contribution in [3.05, 3.63) is 72.9 Å². The van der Waals surface area contributed by atoms with Crippen LogP contribution in [0.1, 0.15) is 201 Å². The number of unbranched alkanes of at least 4 members (excludes halogenated alkanes) is 22. The topological polar surface area (TPSA) is 175 Å². The van der Waals surface area contributed by atoms with Crippen molar-refractivity contribution >= 4 is 11.9 Å². The number of allylic oxidation sites excluding steroid dienone is 11. The predicted octanol–water partition coefficient (Wildman–Crippen LogP) is 10.9. The number of hydrogen-bond acceptors (Lipinski definition) is 10. The number of carbonyl (C=O) groups is 2. The van der Waals surface area contributed by atoms with E-state index in [1.165, 1.54) is 103 Å². The van der Waals surface area contributed by atoms with Crippen LogP contribution in [0.25, 0.3) is 0 Å². The van der Waals surface area contributed by atoms with Gasteiger partial charge in [-0.15, -0.1) is 0 Å². The summed E-state index contributed by atoms with van der Waals surface area (Å²) in [6.45, 7) is 5.56. The lowest BCUT2D eigenvalue weighted by Gasteiger charge is -2.41. The van der Waals surface area contributed by atoms with Crippen LogP contribution in [0.4, 0.5) is 0 Å². The summed E-state index contributed by atoms with van der Waals surface area (Å²) in [4.78, 5) is 26.3. The van der Waals surface area contributed by atoms with Crippen molar-refractivity contribution in [2.75, 3.05) is 13.2 Å². The Labute approximate surface area is 400 Å². The van der Waals surface area contributed by atoms with E-state index in [-0.39, 0.29) is 19.4 Å². The van der Waals surface area contributed by atoms with Gasteiger partial charge in [0.1, 0.15) is 24.4 Å². The molecule has 0 aromatic heterocycles. The Hall–Kier alpha value is -2.90. The first-order valence-corrected chi connectivity index (χ1v) is 26.3. The van der Waals surface area contributed by atoms with Gasteiger partial charge >= 0.3 is 5.97 Å². The summed E-state index contributed by atoms with van der Waals surface area (Å²) in [6, 6.07) is -1.04. The van der Waals surface area contributed by atoms with Crippen LogP contribution in [0.3, 0.4) is 0 Å². The Balaban J connectivity index is 2.83. The van der Waals surface area contributed by atoms with E-state index in [2.05, 4.69) is 32.2 Å². The van der Waals surface area contributed by atoms with Crippen LogP contribution in [0.5, 0.6) is 0 Å². The zero-order chi connectivity index (χ0) is 48.3. The van der Waals surface area contributed by atoms with Crippen LogP contribution in [0.2, 0.25) is 0 Å². The zero-order valence-electron chi connectivity index (χ0n) is 41.5. The third-order valence-corrected chi connectivity index (χ3v) is 12.0. The molecule has 0 bridgehead atoms. The molecule has 0 spiro atoms. The number of hydrogen-bond donors (Lipinski definition) is 6. The Morgan fingerprint density at radius 2 is 1.09 bits per heavy atom. The molecule has 8 unspecified atom stereocenters. The third kappa shape index (κ3) is 32.0. The average molecular weight is 930 g/mol. The minimum absolute atomic E-state index is 0.0256. The molecule has 11 nitrogen and oxygen atoms in total. The molecule has 6 N–H and O–H groups in total. The molecule has 0 aromatic rings. The molecule has 0 saturated carbocycles. The molecular formula is C55H95NO10. The molecule has 1 amide bonds. The van der Waals surface area contributed by atoms with E-state index in [4.69, 9.17) is 14.2 Å². The minimum Gasteiger partial charge on any atom is -0.454 e. The molecule has 1 rings (SSSR count). The fraction of sp³-hybridized carbons (Fsp3) is 0.745. The van der Waals surface area contributed by atoms with Gasteiger partial charge in [-0.1, -0.05) is 229 Å². The second-order valence-corrected chi connectivity index (χ2v) is 18.0. The summed E-state index contributed by atoms with van der Waals surface area (Å²) < 4.78 is 17.4. The van der Waals surface area contributed by atoms with Gasteiger partial charge in [0, 0.05) is 6.42 Å². The fourth-order valence-electron chi connectivity index (χ4n) is 7.80. The number of aliphatic hydroxyl groups excluding tert-OH is 5. The van der Waals surface area contributed by atoms with Gasteiger partial charge in [-0.2, -0.15) is 0 Å². The quantitative estimate of drug-likeness (QED) is 0.0150. The van der Waals surface area contributed by atoms with E-state index in [0.717, 1.165) is 44.9 Å². The summed E-state index contributed by atoms with van der Waals surface area (Å²) >= 11 is 0. The normalized spacial score (nSPS) is 20.8. The number of nitrogens with one attached hydrogen (secondary N) is 1. The second kappa shape index (κ2) is 43.4. The lowest BCUT2D eigenvalue weighted by atomic mass is 9.99. The van der Waals surface area contributed by atoms with E-state index >= 15 is 0 Å². The molecule has 380 valence electrons. The maximum absolute atomic E-state index is 13.3. The van der Waals surface area contributed by atoms with E-state index in [0.29, 0.717) is 19.3 Å².